The Morgan fingerprint density at radius 1 is 1.32 bits per heavy atom. The maximum atomic E-state index is 10.6. The highest BCUT2D eigenvalue weighted by Crippen LogP contribution is 2.37. The van der Waals surface area contributed by atoms with Gasteiger partial charge in [-0.15, -0.1) is 0 Å². The Kier molecular flexibility index (Phi) is 6.94. The number of aryl methyl sites for hydroxylation is 1. The number of piperidine rings is 1. The molecule has 1 spiro atoms. The number of ether oxygens (including phenoxy) is 2. The van der Waals surface area contributed by atoms with Crippen LogP contribution in [0, 0.1) is 6.92 Å². The highest BCUT2D eigenvalue weighted by atomic mass is 19.4. The summed E-state index contributed by atoms with van der Waals surface area (Å²) in [7, 11) is 0. The molecule has 31 heavy (non-hydrogen) atoms. The number of aliphatic carboxylic acids is 1. The molecule has 0 aromatic carbocycles. The molecule has 2 fully saturated rings. The van der Waals surface area contributed by atoms with Gasteiger partial charge in [0.2, 0.25) is 5.95 Å². The number of rotatable bonds is 3. The monoisotopic (exact) mass is 440 g/mol. The summed E-state index contributed by atoms with van der Waals surface area (Å²) in [5.41, 5.74) is 0.923. The minimum Gasteiger partial charge on any atom is -0.486 e. The van der Waals surface area contributed by atoms with Crippen molar-refractivity contribution >= 4 is 11.9 Å². The fourth-order valence-corrected chi connectivity index (χ4v) is 3.59. The summed E-state index contributed by atoms with van der Waals surface area (Å²) >= 11 is 0. The van der Waals surface area contributed by atoms with E-state index in [-0.39, 0.29) is 11.7 Å². The van der Waals surface area contributed by atoms with Crippen LogP contribution in [-0.4, -0.2) is 63.6 Å². The van der Waals surface area contributed by atoms with Crippen molar-refractivity contribution in [3.63, 3.8) is 0 Å². The highest BCUT2D eigenvalue weighted by molar-refractivity contribution is 5.73. The molecule has 0 radical (unpaired) electrons. The first-order chi connectivity index (χ1) is 14.7. The van der Waals surface area contributed by atoms with E-state index in [4.69, 9.17) is 19.4 Å². The van der Waals surface area contributed by atoms with Crippen LogP contribution in [0.2, 0.25) is 0 Å². The molecule has 8 nitrogen and oxygen atoms in total. The van der Waals surface area contributed by atoms with Gasteiger partial charge in [0.15, 0.2) is 0 Å². The smallest absolute Gasteiger partial charge is 0.486 e. The Balaban J connectivity index is 0.000000339. The third kappa shape index (κ3) is 6.27. The summed E-state index contributed by atoms with van der Waals surface area (Å²) < 4.78 is 44.0. The SMILES string of the molecule is Cc1cnc(N2CCCC3(CC(Oc4cccnc4)CO3)C2)nc1.O=C(O)C(F)(F)F. The maximum absolute atomic E-state index is 10.6. The van der Waals surface area contributed by atoms with Gasteiger partial charge in [0.05, 0.1) is 18.4 Å². The van der Waals surface area contributed by atoms with E-state index in [0.29, 0.717) is 6.61 Å². The molecule has 11 heteroatoms. The van der Waals surface area contributed by atoms with Crippen molar-refractivity contribution in [1.82, 2.24) is 15.0 Å². The first-order valence-electron chi connectivity index (χ1n) is 9.71. The van der Waals surface area contributed by atoms with Gasteiger partial charge in [0, 0.05) is 38.1 Å². The van der Waals surface area contributed by atoms with Gasteiger partial charge in [0.25, 0.3) is 0 Å². The zero-order valence-corrected chi connectivity index (χ0v) is 16.9. The first-order valence-corrected chi connectivity index (χ1v) is 9.71. The van der Waals surface area contributed by atoms with Gasteiger partial charge in [-0.05, 0) is 37.5 Å². The second-order valence-electron chi connectivity index (χ2n) is 7.52. The Hall–Kier alpha value is -2.95. The second-order valence-corrected chi connectivity index (χ2v) is 7.52. The molecule has 168 valence electrons. The van der Waals surface area contributed by atoms with Gasteiger partial charge < -0.3 is 19.5 Å². The lowest BCUT2D eigenvalue weighted by Crippen LogP contribution is -2.48. The highest BCUT2D eigenvalue weighted by Gasteiger charge is 2.45. The number of carboxylic acids is 1. The van der Waals surface area contributed by atoms with Crippen LogP contribution in [0.25, 0.3) is 0 Å². The Morgan fingerprint density at radius 3 is 2.65 bits per heavy atom. The molecule has 0 amide bonds. The number of halogens is 3. The van der Waals surface area contributed by atoms with Crippen molar-refractivity contribution in [2.75, 3.05) is 24.6 Å². The zero-order chi connectivity index (χ0) is 22.5. The lowest BCUT2D eigenvalue weighted by Gasteiger charge is -2.39. The number of pyridine rings is 1. The standard InChI is InChI=1S/C18H22N4O2.C2HF3O2/c1-14-9-20-17(21-10-14)22-7-3-5-18(13-22)8-16(12-23-18)24-15-4-2-6-19-11-15;3-2(4,5)1(6)7/h2,4,6,9-11,16H,3,5,7-8,12-13H2,1H3;(H,6,7). The lowest BCUT2D eigenvalue weighted by atomic mass is 9.89. The third-order valence-corrected chi connectivity index (χ3v) is 4.94. The van der Waals surface area contributed by atoms with E-state index in [1.165, 1.54) is 0 Å². The molecular formula is C20H23F3N4O4. The number of carboxylic acid groups (broad SMARTS) is 1. The van der Waals surface area contributed by atoms with Gasteiger partial charge in [-0.2, -0.15) is 13.2 Å². The van der Waals surface area contributed by atoms with Gasteiger partial charge in [-0.25, -0.2) is 14.8 Å². The molecule has 1 N–H and O–H groups in total. The fraction of sp³-hybridized carbons (Fsp3) is 0.500. The Morgan fingerprint density at radius 2 is 2.03 bits per heavy atom. The number of carbonyl (C=O) groups is 1. The van der Waals surface area contributed by atoms with Gasteiger partial charge in [0.1, 0.15) is 11.9 Å². The van der Waals surface area contributed by atoms with E-state index in [9.17, 15) is 13.2 Å². The van der Waals surface area contributed by atoms with E-state index in [2.05, 4.69) is 19.9 Å². The van der Waals surface area contributed by atoms with Crippen LogP contribution in [0.4, 0.5) is 19.1 Å². The van der Waals surface area contributed by atoms with E-state index in [0.717, 1.165) is 49.6 Å². The van der Waals surface area contributed by atoms with Crippen LogP contribution in [0.5, 0.6) is 5.75 Å². The normalized spacial score (nSPS) is 23.2. The molecule has 0 bridgehead atoms. The molecule has 2 unspecified atom stereocenters. The van der Waals surface area contributed by atoms with Crippen molar-refractivity contribution < 1.29 is 32.5 Å². The number of hydrogen-bond acceptors (Lipinski definition) is 7. The van der Waals surface area contributed by atoms with Crippen molar-refractivity contribution in [3.05, 3.63) is 42.5 Å². The first kappa shape index (κ1) is 22.7. The Bertz CT molecular complexity index is 867. The van der Waals surface area contributed by atoms with Crippen LogP contribution >= 0.6 is 0 Å². The van der Waals surface area contributed by atoms with Crippen molar-refractivity contribution in [2.24, 2.45) is 0 Å². The summed E-state index contributed by atoms with van der Waals surface area (Å²) in [5, 5.41) is 7.12. The molecule has 2 aromatic heterocycles. The zero-order valence-electron chi connectivity index (χ0n) is 16.9. The molecule has 4 heterocycles. The third-order valence-electron chi connectivity index (χ3n) is 4.94. The van der Waals surface area contributed by atoms with Gasteiger partial charge in [-0.3, -0.25) is 4.98 Å². The summed E-state index contributed by atoms with van der Waals surface area (Å²) in [6, 6.07) is 3.82. The van der Waals surface area contributed by atoms with Crippen molar-refractivity contribution in [3.8, 4) is 5.75 Å². The summed E-state index contributed by atoms with van der Waals surface area (Å²) in [6.45, 7) is 4.42. The molecule has 2 atom stereocenters. The number of nitrogens with zero attached hydrogens (tertiary/aromatic N) is 4. The van der Waals surface area contributed by atoms with E-state index >= 15 is 0 Å². The quantitative estimate of drug-likeness (QED) is 0.778. The van der Waals surface area contributed by atoms with Crippen LogP contribution in [0.3, 0.4) is 0 Å². The predicted octanol–water partition coefficient (Wildman–Crippen LogP) is 3.02. The predicted molar refractivity (Wildman–Crippen MR) is 104 cm³/mol. The van der Waals surface area contributed by atoms with Crippen LogP contribution in [0.1, 0.15) is 24.8 Å². The van der Waals surface area contributed by atoms with Crippen molar-refractivity contribution in [2.45, 2.75) is 44.1 Å². The number of anilines is 1. The van der Waals surface area contributed by atoms with Crippen LogP contribution < -0.4 is 9.64 Å². The molecule has 0 saturated carbocycles. The van der Waals surface area contributed by atoms with E-state index < -0.39 is 12.1 Å². The average Bonchev–Trinajstić information content (AvgIpc) is 3.10. The Labute approximate surface area is 177 Å². The molecule has 2 aromatic rings. The molecule has 2 saturated heterocycles. The molecule has 4 rings (SSSR count). The summed E-state index contributed by atoms with van der Waals surface area (Å²) in [6.07, 6.45) is 5.26. The molecule has 2 aliphatic rings. The molecule has 2 aliphatic heterocycles. The summed E-state index contributed by atoms with van der Waals surface area (Å²) in [5.74, 6) is -1.16. The lowest BCUT2D eigenvalue weighted by molar-refractivity contribution is -0.192. The maximum Gasteiger partial charge on any atom is 0.490 e. The largest absolute Gasteiger partial charge is 0.490 e. The topological polar surface area (TPSA) is 97.7 Å². The summed E-state index contributed by atoms with van der Waals surface area (Å²) in [4.78, 5) is 24.2. The van der Waals surface area contributed by atoms with Gasteiger partial charge in [-0.1, -0.05) is 0 Å². The minimum absolute atomic E-state index is 0.0769. The number of hydrogen-bond donors (Lipinski definition) is 1. The molecule has 0 aliphatic carbocycles. The van der Waals surface area contributed by atoms with Crippen LogP contribution in [-0.2, 0) is 9.53 Å². The fourth-order valence-electron chi connectivity index (χ4n) is 3.59. The number of aromatic nitrogens is 3. The molecular weight excluding hydrogens is 417 g/mol. The average molecular weight is 440 g/mol. The van der Waals surface area contributed by atoms with Crippen LogP contribution in [0.15, 0.2) is 36.9 Å². The van der Waals surface area contributed by atoms with E-state index in [1.807, 2.05) is 31.5 Å². The van der Waals surface area contributed by atoms with Crippen molar-refractivity contribution in [1.29, 1.82) is 0 Å². The number of alkyl halides is 3. The van der Waals surface area contributed by atoms with E-state index in [1.54, 1.807) is 12.4 Å². The second kappa shape index (κ2) is 9.46. The van der Waals surface area contributed by atoms with Gasteiger partial charge >= 0.3 is 12.1 Å². The minimum atomic E-state index is -5.08.